The smallest absolute Gasteiger partial charge is 0.404 e. The minimum atomic E-state index is -5.03. The van der Waals surface area contributed by atoms with E-state index in [0.29, 0.717) is 5.56 Å². The summed E-state index contributed by atoms with van der Waals surface area (Å²) in [6.07, 6.45) is -2.21. The zero-order valence-electron chi connectivity index (χ0n) is 13.2. The number of nitrogens with one attached hydrogen (secondary N) is 1. The topological polar surface area (TPSA) is 68.3 Å². The third-order valence-electron chi connectivity index (χ3n) is 3.22. The SMILES string of the molecule is O=S(=O)(Nc1cncc(-c2cccs2)c1)c1cc(Br)ccc1OC(F)(F)F. The van der Waals surface area contributed by atoms with E-state index in [0.717, 1.165) is 17.0 Å². The number of thiophene rings is 1. The second kappa shape index (κ2) is 7.49. The third kappa shape index (κ3) is 4.99. The molecule has 2 heterocycles. The Bertz CT molecular complexity index is 1060. The van der Waals surface area contributed by atoms with Crippen molar-refractivity contribution in [3.05, 3.63) is 58.6 Å². The Morgan fingerprint density at radius 3 is 2.59 bits per heavy atom. The van der Waals surface area contributed by atoms with Crippen LogP contribution >= 0.6 is 27.3 Å². The molecule has 1 N–H and O–H groups in total. The van der Waals surface area contributed by atoms with Gasteiger partial charge in [0.15, 0.2) is 0 Å². The Hall–Kier alpha value is -2.11. The molecule has 0 saturated heterocycles. The van der Waals surface area contributed by atoms with Gasteiger partial charge in [0, 0.05) is 21.1 Å². The van der Waals surface area contributed by atoms with Gasteiger partial charge in [0.05, 0.1) is 11.9 Å². The van der Waals surface area contributed by atoms with E-state index in [1.54, 1.807) is 12.3 Å². The molecule has 0 unspecified atom stereocenters. The molecule has 1 aromatic carbocycles. The van der Waals surface area contributed by atoms with Gasteiger partial charge in [0.1, 0.15) is 10.6 Å². The number of aromatic nitrogens is 1. The molecule has 0 spiro atoms. The van der Waals surface area contributed by atoms with Gasteiger partial charge in [-0.2, -0.15) is 0 Å². The number of hydrogen-bond acceptors (Lipinski definition) is 5. The fraction of sp³-hybridized carbons (Fsp3) is 0.0625. The monoisotopic (exact) mass is 478 g/mol. The van der Waals surface area contributed by atoms with Crippen LogP contribution < -0.4 is 9.46 Å². The van der Waals surface area contributed by atoms with Crippen LogP contribution in [-0.4, -0.2) is 19.8 Å². The molecule has 5 nitrogen and oxygen atoms in total. The average molecular weight is 479 g/mol. The predicted octanol–water partition coefficient (Wildman–Crippen LogP) is 5.27. The van der Waals surface area contributed by atoms with Crippen molar-refractivity contribution >= 4 is 43.0 Å². The molecule has 0 fully saturated rings. The van der Waals surface area contributed by atoms with Gasteiger partial charge in [0.2, 0.25) is 0 Å². The predicted molar refractivity (Wildman–Crippen MR) is 99.2 cm³/mol. The number of nitrogens with zero attached hydrogens (tertiary/aromatic N) is 1. The number of rotatable bonds is 5. The Labute approximate surface area is 165 Å². The summed E-state index contributed by atoms with van der Waals surface area (Å²) in [5.74, 6) is -0.833. The van der Waals surface area contributed by atoms with Gasteiger partial charge in [-0.3, -0.25) is 9.71 Å². The highest BCUT2D eigenvalue weighted by Crippen LogP contribution is 2.33. The minimum absolute atomic E-state index is 0.110. The lowest BCUT2D eigenvalue weighted by molar-refractivity contribution is -0.275. The van der Waals surface area contributed by atoms with E-state index in [1.807, 2.05) is 17.5 Å². The number of pyridine rings is 1. The lowest BCUT2D eigenvalue weighted by Crippen LogP contribution is -2.21. The molecule has 0 aliphatic rings. The molecule has 0 bridgehead atoms. The zero-order chi connectivity index (χ0) is 19.7. The van der Waals surface area contributed by atoms with E-state index in [4.69, 9.17) is 0 Å². The number of sulfonamides is 1. The molecule has 11 heteroatoms. The van der Waals surface area contributed by atoms with Crippen LogP contribution in [0, 0.1) is 0 Å². The van der Waals surface area contributed by atoms with Crippen molar-refractivity contribution in [1.82, 2.24) is 4.98 Å². The van der Waals surface area contributed by atoms with Crippen LogP contribution in [0.4, 0.5) is 18.9 Å². The minimum Gasteiger partial charge on any atom is -0.404 e. The van der Waals surface area contributed by atoms with E-state index < -0.39 is 27.0 Å². The third-order valence-corrected chi connectivity index (χ3v) is 6.03. The average Bonchev–Trinajstić information content (AvgIpc) is 3.09. The summed E-state index contributed by atoms with van der Waals surface area (Å²) in [5.41, 5.74) is 0.782. The van der Waals surface area contributed by atoms with Crippen molar-refractivity contribution in [2.45, 2.75) is 11.3 Å². The number of hydrogen-bond donors (Lipinski definition) is 1. The molecule has 0 saturated carbocycles. The molecule has 3 rings (SSSR count). The fourth-order valence-corrected chi connectivity index (χ4v) is 4.59. The maximum atomic E-state index is 12.7. The second-order valence-electron chi connectivity index (χ2n) is 5.18. The molecule has 0 radical (unpaired) electrons. The maximum absolute atomic E-state index is 12.7. The van der Waals surface area contributed by atoms with Crippen molar-refractivity contribution in [1.29, 1.82) is 0 Å². The lowest BCUT2D eigenvalue weighted by Gasteiger charge is -2.15. The first kappa shape index (κ1) is 19.6. The van der Waals surface area contributed by atoms with E-state index >= 15 is 0 Å². The molecule has 3 aromatic rings. The van der Waals surface area contributed by atoms with Crippen molar-refractivity contribution in [2.24, 2.45) is 0 Å². The van der Waals surface area contributed by atoms with Gasteiger partial charge in [-0.25, -0.2) is 8.42 Å². The Balaban J connectivity index is 1.96. The van der Waals surface area contributed by atoms with Crippen LogP contribution in [0.15, 0.2) is 63.5 Å². The van der Waals surface area contributed by atoms with Crippen molar-refractivity contribution in [3.63, 3.8) is 0 Å². The standard InChI is InChI=1S/C16H10BrF3N2O3S2/c17-11-3-4-13(25-16(18,19)20)15(7-11)27(23,24)22-12-6-10(8-21-9-12)14-2-1-5-26-14/h1-9,22H. The van der Waals surface area contributed by atoms with Crippen LogP contribution in [0.3, 0.4) is 0 Å². The van der Waals surface area contributed by atoms with Crippen LogP contribution in [0.1, 0.15) is 0 Å². The molecular weight excluding hydrogens is 469 g/mol. The first-order chi connectivity index (χ1) is 12.6. The molecule has 0 atom stereocenters. The highest BCUT2D eigenvalue weighted by molar-refractivity contribution is 9.10. The first-order valence-electron chi connectivity index (χ1n) is 7.21. The van der Waals surface area contributed by atoms with Gasteiger partial charge in [-0.05, 0) is 35.7 Å². The van der Waals surface area contributed by atoms with Gasteiger partial charge in [-0.1, -0.05) is 22.0 Å². The summed E-state index contributed by atoms with van der Waals surface area (Å²) < 4.78 is 69.4. The van der Waals surface area contributed by atoms with E-state index in [2.05, 4.69) is 30.4 Å². The number of halogens is 4. The summed E-state index contributed by atoms with van der Waals surface area (Å²) >= 11 is 4.49. The molecule has 2 aromatic heterocycles. The Morgan fingerprint density at radius 1 is 1.15 bits per heavy atom. The molecular formula is C16H10BrF3N2O3S2. The molecule has 142 valence electrons. The summed E-state index contributed by atoms with van der Waals surface area (Å²) in [6, 6.07) is 8.41. The highest BCUT2D eigenvalue weighted by Gasteiger charge is 2.34. The Morgan fingerprint density at radius 2 is 1.93 bits per heavy atom. The molecule has 0 aliphatic carbocycles. The summed E-state index contributed by atoms with van der Waals surface area (Å²) in [4.78, 5) is 4.19. The number of alkyl halides is 3. The van der Waals surface area contributed by atoms with Crippen molar-refractivity contribution in [3.8, 4) is 16.2 Å². The van der Waals surface area contributed by atoms with Gasteiger partial charge in [0.25, 0.3) is 10.0 Å². The molecule has 27 heavy (non-hydrogen) atoms. The van der Waals surface area contributed by atoms with E-state index in [9.17, 15) is 21.6 Å². The molecule has 0 amide bonds. The quantitative estimate of drug-likeness (QED) is 0.542. The number of ether oxygens (including phenoxy) is 1. The fourth-order valence-electron chi connectivity index (χ4n) is 2.18. The van der Waals surface area contributed by atoms with Gasteiger partial charge < -0.3 is 4.74 Å². The summed E-state index contributed by atoms with van der Waals surface area (Å²) in [6.45, 7) is 0. The normalized spacial score (nSPS) is 12.0. The zero-order valence-corrected chi connectivity index (χ0v) is 16.4. The summed E-state index contributed by atoms with van der Waals surface area (Å²) in [5, 5.41) is 1.86. The van der Waals surface area contributed by atoms with Crippen LogP contribution in [-0.2, 0) is 10.0 Å². The highest BCUT2D eigenvalue weighted by atomic mass is 79.9. The van der Waals surface area contributed by atoms with Crippen LogP contribution in [0.2, 0.25) is 0 Å². The second-order valence-corrected chi connectivity index (χ2v) is 8.70. The van der Waals surface area contributed by atoms with E-state index in [-0.39, 0.29) is 10.2 Å². The van der Waals surface area contributed by atoms with Gasteiger partial charge in [-0.15, -0.1) is 24.5 Å². The molecule has 0 aliphatic heterocycles. The summed E-state index contributed by atoms with van der Waals surface area (Å²) in [7, 11) is -4.37. The lowest BCUT2D eigenvalue weighted by atomic mass is 10.2. The largest absolute Gasteiger partial charge is 0.573 e. The van der Waals surface area contributed by atoms with Crippen LogP contribution in [0.5, 0.6) is 5.75 Å². The van der Waals surface area contributed by atoms with Crippen molar-refractivity contribution < 1.29 is 26.3 Å². The van der Waals surface area contributed by atoms with Crippen LogP contribution in [0.25, 0.3) is 10.4 Å². The van der Waals surface area contributed by atoms with E-state index in [1.165, 1.54) is 23.6 Å². The van der Waals surface area contributed by atoms with Crippen molar-refractivity contribution in [2.75, 3.05) is 4.72 Å². The maximum Gasteiger partial charge on any atom is 0.573 e. The number of benzene rings is 1. The Kier molecular flexibility index (Phi) is 5.45. The first-order valence-corrected chi connectivity index (χ1v) is 10.4. The number of anilines is 1. The van der Waals surface area contributed by atoms with Gasteiger partial charge >= 0.3 is 6.36 Å².